The third-order valence-corrected chi connectivity index (χ3v) is 2.58. The number of rotatable bonds is 5. The van der Waals surface area contributed by atoms with E-state index in [-0.39, 0.29) is 6.01 Å². The van der Waals surface area contributed by atoms with Gasteiger partial charge in [-0.3, -0.25) is 4.79 Å². The zero-order chi connectivity index (χ0) is 13.7. The molecule has 2 aromatic rings. The van der Waals surface area contributed by atoms with Gasteiger partial charge in [0.2, 0.25) is 0 Å². The van der Waals surface area contributed by atoms with Crippen molar-refractivity contribution in [2.45, 2.75) is 6.92 Å². The maximum atomic E-state index is 11.2. The average molecular weight is 258 g/mol. The minimum Gasteiger partial charge on any atom is -0.493 e. The van der Waals surface area contributed by atoms with E-state index in [1.165, 1.54) is 7.11 Å². The number of carbonyl (C=O) groups is 1. The molecule has 0 unspecified atom stereocenters. The molecule has 0 saturated carbocycles. The molecule has 1 aromatic heterocycles. The lowest BCUT2D eigenvalue weighted by molar-refractivity contribution is 0.112. The Labute approximate surface area is 111 Å². The van der Waals surface area contributed by atoms with Crippen molar-refractivity contribution in [2.75, 3.05) is 13.7 Å². The maximum Gasteiger partial charge on any atom is 0.316 e. The van der Waals surface area contributed by atoms with Crippen molar-refractivity contribution in [1.29, 1.82) is 0 Å². The van der Waals surface area contributed by atoms with E-state index in [9.17, 15) is 4.79 Å². The smallest absolute Gasteiger partial charge is 0.316 e. The van der Waals surface area contributed by atoms with Crippen LogP contribution in [0.25, 0.3) is 11.1 Å². The molecule has 0 fully saturated rings. The molecular formula is C14H14N2O3. The summed E-state index contributed by atoms with van der Waals surface area (Å²) in [6, 6.07) is 5.61. The summed E-state index contributed by atoms with van der Waals surface area (Å²) >= 11 is 0. The first-order chi connectivity index (χ1) is 9.30. The summed E-state index contributed by atoms with van der Waals surface area (Å²) in [5.74, 6) is 0.640. The summed E-state index contributed by atoms with van der Waals surface area (Å²) in [5.41, 5.74) is 1.95. The highest BCUT2D eigenvalue weighted by Crippen LogP contribution is 2.32. The first kappa shape index (κ1) is 13.0. The largest absolute Gasteiger partial charge is 0.493 e. The van der Waals surface area contributed by atoms with E-state index < -0.39 is 0 Å². The highest BCUT2D eigenvalue weighted by molar-refractivity contribution is 5.90. The summed E-state index contributed by atoms with van der Waals surface area (Å²) in [6.45, 7) is 2.41. The normalized spacial score (nSPS) is 10.0. The molecule has 0 atom stereocenters. The minimum absolute atomic E-state index is 0.283. The molecule has 0 spiro atoms. The molecule has 0 aliphatic heterocycles. The van der Waals surface area contributed by atoms with Crippen LogP contribution in [0, 0.1) is 0 Å². The Hall–Kier alpha value is -2.43. The summed E-state index contributed by atoms with van der Waals surface area (Å²) < 4.78 is 10.5. The second-order valence-corrected chi connectivity index (χ2v) is 3.73. The van der Waals surface area contributed by atoms with Gasteiger partial charge in [0.15, 0.2) is 6.29 Å². The van der Waals surface area contributed by atoms with Crippen LogP contribution in [0.4, 0.5) is 0 Å². The van der Waals surface area contributed by atoms with Gasteiger partial charge in [-0.15, -0.1) is 0 Å². The Bertz CT molecular complexity index is 567. The molecule has 0 saturated heterocycles. The molecule has 0 aliphatic rings. The molecule has 0 amide bonds. The third kappa shape index (κ3) is 2.70. The SMILES string of the molecule is CCOc1cccc(C=O)c1-c1cnc(OC)nc1. The second-order valence-electron chi connectivity index (χ2n) is 3.73. The fraction of sp³-hybridized carbons (Fsp3) is 0.214. The van der Waals surface area contributed by atoms with Gasteiger partial charge < -0.3 is 9.47 Å². The molecule has 0 N–H and O–H groups in total. The molecule has 1 aromatic carbocycles. The topological polar surface area (TPSA) is 61.3 Å². The second kappa shape index (κ2) is 5.95. The van der Waals surface area contributed by atoms with Crippen LogP contribution >= 0.6 is 0 Å². The first-order valence-electron chi connectivity index (χ1n) is 5.87. The van der Waals surface area contributed by atoms with Crippen LogP contribution in [-0.2, 0) is 0 Å². The molecule has 5 nitrogen and oxygen atoms in total. The number of methoxy groups -OCH3 is 1. The minimum atomic E-state index is 0.283. The lowest BCUT2D eigenvalue weighted by Gasteiger charge is -2.12. The van der Waals surface area contributed by atoms with Gasteiger partial charge in [0, 0.05) is 29.1 Å². The molecule has 5 heteroatoms. The highest BCUT2D eigenvalue weighted by atomic mass is 16.5. The summed E-state index contributed by atoms with van der Waals surface area (Å²) in [7, 11) is 1.50. The van der Waals surface area contributed by atoms with E-state index >= 15 is 0 Å². The molecular weight excluding hydrogens is 244 g/mol. The van der Waals surface area contributed by atoms with Crippen LogP contribution in [0.5, 0.6) is 11.8 Å². The van der Waals surface area contributed by atoms with Crippen molar-refractivity contribution < 1.29 is 14.3 Å². The number of ether oxygens (including phenoxy) is 2. The van der Waals surface area contributed by atoms with Gasteiger partial charge in [-0.05, 0) is 13.0 Å². The van der Waals surface area contributed by atoms with Crippen LogP contribution in [-0.4, -0.2) is 30.0 Å². The van der Waals surface area contributed by atoms with Gasteiger partial charge in [-0.2, -0.15) is 0 Å². The van der Waals surface area contributed by atoms with Crippen molar-refractivity contribution in [3.8, 4) is 22.9 Å². The Morgan fingerprint density at radius 1 is 1.26 bits per heavy atom. The average Bonchev–Trinajstić information content (AvgIpc) is 2.47. The van der Waals surface area contributed by atoms with Crippen LogP contribution in [0.2, 0.25) is 0 Å². The lowest BCUT2D eigenvalue weighted by Crippen LogP contribution is -1.98. The number of hydrogen-bond acceptors (Lipinski definition) is 5. The first-order valence-corrected chi connectivity index (χ1v) is 5.87. The number of benzene rings is 1. The van der Waals surface area contributed by atoms with E-state index in [4.69, 9.17) is 9.47 Å². The van der Waals surface area contributed by atoms with Crippen molar-refractivity contribution in [2.24, 2.45) is 0 Å². The maximum absolute atomic E-state index is 11.2. The molecule has 0 radical (unpaired) electrons. The molecule has 98 valence electrons. The number of aromatic nitrogens is 2. The van der Waals surface area contributed by atoms with Gasteiger partial charge in [-0.1, -0.05) is 12.1 Å². The summed E-state index contributed by atoms with van der Waals surface area (Å²) in [6.07, 6.45) is 4.01. The zero-order valence-electron chi connectivity index (χ0n) is 10.8. The van der Waals surface area contributed by atoms with Crippen molar-refractivity contribution >= 4 is 6.29 Å². The zero-order valence-corrected chi connectivity index (χ0v) is 10.8. The van der Waals surface area contributed by atoms with Gasteiger partial charge >= 0.3 is 6.01 Å². The molecule has 19 heavy (non-hydrogen) atoms. The van der Waals surface area contributed by atoms with Crippen molar-refractivity contribution in [3.05, 3.63) is 36.2 Å². The number of aldehydes is 1. The summed E-state index contributed by atoms with van der Waals surface area (Å²) in [5, 5.41) is 0. The monoisotopic (exact) mass is 258 g/mol. The van der Waals surface area contributed by atoms with Crippen LogP contribution in [0.15, 0.2) is 30.6 Å². The molecule has 0 aliphatic carbocycles. The third-order valence-electron chi connectivity index (χ3n) is 2.58. The molecule has 1 heterocycles. The number of nitrogens with zero attached hydrogens (tertiary/aromatic N) is 2. The Balaban J connectivity index is 2.54. The van der Waals surface area contributed by atoms with Crippen LogP contribution in [0.1, 0.15) is 17.3 Å². The van der Waals surface area contributed by atoms with Gasteiger partial charge in [0.25, 0.3) is 0 Å². The predicted molar refractivity (Wildman–Crippen MR) is 70.6 cm³/mol. The number of carbonyl (C=O) groups excluding carboxylic acids is 1. The Morgan fingerprint density at radius 3 is 2.58 bits per heavy atom. The van der Waals surface area contributed by atoms with E-state index in [1.54, 1.807) is 24.5 Å². The quantitative estimate of drug-likeness (QED) is 0.770. The van der Waals surface area contributed by atoms with Crippen LogP contribution < -0.4 is 9.47 Å². The Kier molecular flexibility index (Phi) is 4.07. The van der Waals surface area contributed by atoms with E-state index in [1.807, 2.05) is 13.0 Å². The summed E-state index contributed by atoms with van der Waals surface area (Å²) in [4.78, 5) is 19.2. The van der Waals surface area contributed by atoms with E-state index in [0.29, 0.717) is 29.0 Å². The standard InChI is InChI=1S/C14H14N2O3/c1-3-19-12-6-4-5-10(9-17)13(12)11-7-15-14(18-2)16-8-11/h4-9H,3H2,1-2H3. The fourth-order valence-corrected chi connectivity index (χ4v) is 1.78. The van der Waals surface area contributed by atoms with Gasteiger partial charge in [-0.25, -0.2) is 9.97 Å². The fourth-order valence-electron chi connectivity index (χ4n) is 1.78. The Morgan fingerprint density at radius 2 is 2.00 bits per heavy atom. The van der Waals surface area contributed by atoms with Gasteiger partial charge in [0.1, 0.15) is 5.75 Å². The van der Waals surface area contributed by atoms with Crippen molar-refractivity contribution in [1.82, 2.24) is 9.97 Å². The number of hydrogen-bond donors (Lipinski definition) is 0. The van der Waals surface area contributed by atoms with E-state index in [0.717, 1.165) is 6.29 Å². The van der Waals surface area contributed by atoms with Crippen molar-refractivity contribution in [3.63, 3.8) is 0 Å². The lowest BCUT2D eigenvalue weighted by atomic mass is 10.0. The van der Waals surface area contributed by atoms with Gasteiger partial charge in [0.05, 0.1) is 13.7 Å². The highest BCUT2D eigenvalue weighted by Gasteiger charge is 2.12. The van der Waals surface area contributed by atoms with Crippen LogP contribution in [0.3, 0.4) is 0 Å². The van der Waals surface area contributed by atoms with E-state index in [2.05, 4.69) is 9.97 Å². The molecule has 2 rings (SSSR count). The molecule has 0 bridgehead atoms. The predicted octanol–water partition coefficient (Wildman–Crippen LogP) is 2.36.